The summed E-state index contributed by atoms with van der Waals surface area (Å²) in [5, 5.41) is 14.2. The van der Waals surface area contributed by atoms with E-state index in [-0.39, 0.29) is 5.69 Å². The number of nitro groups is 1. The van der Waals surface area contributed by atoms with Crippen molar-refractivity contribution >= 4 is 12.0 Å². The number of aldehydes is 1. The van der Waals surface area contributed by atoms with Crippen molar-refractivity contribution in [1.82, 2.24) is 9.78 Å². The summed E-state index contributed by atoms with van der Waals surface area (Å²) in [7, 11) is 0. The zero-order chi connectivity index (χ0) is 9.84. The molecule has 0 fully saturated rings. The number of nitrogens with zero attached hydrogens (tertiary/aromatic N) is 3. The molecule has 70 valence electrons. The number of hydrogen-bond donors (Lipinski definition) is 0. The highest BCUT2D eigenvalue weighted by Crippen LogP contribution is 2.15. The zero-order valence-electron chi connectivity index (χ0n) is 7.14. The van der Waals surface area contributed by atoms with Crippen LogP contribution in [0.4, 0.5) is 5.69 Å². The first-order chi connectivity index (χ1) is 6.16. The predicted molar refractivity (Wildman–Crippen MR) is 44.3 cm³/mol. The van der Waals surface area contributed by atoms with Crippen LogP contribution >= 0.6 is 0 Å². The van der Waals surface area contributed by atoms with Crippen molar-refractivity contribution in [3.8, 4) is 0 Å². The highest BCUT2D eigenvalue weighted by Gasteiger charge is 2.15. The maximum Gasteiger partial charge on any atom is 0.309 e. The number of aryl methyl sites for hydroxylation is 1. The zero-order valence-corrected chi connectivity index (χ0v) is 7.14. The van der Waals surface area contributed by atoms with Gasteiger partial charge in [0.1, 0.15) is 18.2 Å². The molecule has 0 aliphatic carbocycles. The van der Waals surface area contributed by atoms with E-state index in [2.05, 4.69) is 5.10 Å². The summed E-state index contributed by atoms with van der Waals surface area (Å²) < 4.78 is 1.45. The maximum absolute atomic E-state index is 10.4. The molecule has 0 bridgehead atoms. The third kappa shape index (κ3) is 1.90. The molecule has 0 aliphatic rings. The smallest absolute Gasteiger partial charge is 0.303 e. The summed E-state index contributed by atoms with van der Waals surface area (Å²) in [5.41, 5.74) is 0.470. The number of hydrogen-bond acceptors (Lipinski definition) is 4. The molecular formula is C7H9N3O3. The largest absolute Gasteiger partial charge is 0.309 e. The SMILES string of the molecule is Cc1c([N+](=O)[O-])cnn1CCC=O. The summed E-state index contributed by atoms with van der Waals surface area (Å²) in [6, 6.07) is 0. The van der Waals surface area contributed by atoms with E-state index < -0.39 is 4.92 Å². The lowest BCUT2D eigenvalue weighted by Crippen LogP contribution is -2.03. The second-order valence-corrected chi connectivity index (χ2v) is 2.55. The molecule has 0 radical (unpaired) electrons. The van der Waals surface area contributed by atoms with Crippen molar-refractivity contribution in [2.75, 3.05) is 0 Å². The summed E-state index contributed by atoms with van der Waals surface area (Å²) in [4.78, 5) is 20.0. The molecule has 0 aliphatic heterocycles. The highest BCUT2D eigenvalue weighted by molar-refractivity contribution is 5.49. The first-order valence-electron chi connectivity index (χ1n) is 3.77. The van der Waals surface area contributed by atoms with Crippen LogP contribution in [0.1, 0.15) is 12.1 Å². The molecule has 0 spiro atoms. The van der Waals surface area contributed by atoms with Crippen LogP contribution in [0.15, 0.2) is 6.20 Å². The molecule has 1 heterocycles. The Balaban J connectivity index is 2.86. The van der Waals surface area contributed by atoms with Crippen molar-refractivity contribution in [2.45, 2.75) is 19.9 Å². The van der Waals surface area contributed by atoms with Crippen LogP contribution in [0, 0.1) is 17.0 Å². The minimum atomic E-state index is -0.486. The van der Waals surface area contributed by atoms with Gasteiger partial charge < -0.3 is 4.79 Å². The van der Waals surface area contributed by atoms with Crippen molar-refractivity contribution in [3.63, 3.8) is 0 Å². The number of aromatic nitrogens is 2. The summed E-state index contributed by atoms with van der Waals surface area (Å²) in [6.07, 6.45) is 2.27. The standard InChI is InChI=1S/C7H9N3O3/c1-6-7(10(12)13)5-8-9(6)3-2-4-11/h4-5H,2-3H2,1H3. The van der Waals surface area contributed by atoms with Crippen molar-refractivity contribution in [1.29, 1.82) is 0 Å². The van der Waals surface area contributed by atoms with Crippen LogP contribution in [-0.4, -0.2) is 21.0 Å². The molecule has 13 heavy (non-hydrogen) atoms. The van der Waals surface area contributed by atoms with Gasteiger partial charge in [0.05, 0.1) is 4.92 Å². The number of rotatable bonds is 4. The van der Waals surface area contributed by atoms with Gasteiger partial charge in [0.25, 0.3) is 0 Å². The van der Waals surface area contributed by atoms with Crippen LogP contribution in [-0.2, 0) is 11.3 Å². The molecule has 0 unspecified atom stereocenters. The fourth-order valence-electron chi connectivity index (χ4n) is 1.02. The van der Waals surface area contributed by atoms with Gasteiger partial charge in [-0.25, -0.2) is 0 Å². The Morgan fingerprint density at radius 1 is 1.77 bits per heavy atom. The van der Waals surface area contributed by atoms with Gasteiger partial charge in [0, 0.05) is 13.0 Å². The van der Waals surface area contributed by atoms with Gasteiger partial charge >= 0.3 is 5.69 Å². The van der Waals surface area contributed by atoms with E-state index in [4.69, 9.17) is 0 Å². The summed E-state index contributed by atoms with van der Waals surface area (Å²) in [6.45, 7) is 2.00. The number of carbonyl (C=O) groups is 1. The van der Waals surface area contributed by atoms with E-state index in [1.165, 1.54) is 10.9 Å². The Bertz CT molecular complexity index is 332. The molecule has 0 atom stereocenters. The van der Waals surface area contributed by atoms with Crippen LogP contribution in [0.25, 0.3) is 0 Å². The monoisotopic (exact) mass is 183 g/mol. The van der Waals surface area contributed by atoms with Gasteiger partial charge in [-0.1, -0.05) is 0 Å². The van der Waals surface area contributed by atoms with E-state index in [1.807, 2.05) is 0 Å². The quantitative estimate of drug-likeness (QED) is 0.391. The lowest BCUT2D eigenvalue weighted by molar-refractivity contribution is -0.385. The Kier molecular flexibility index (Phi) is 2.73. The molecular weight excluding hydrogens is 174 g/mol. The first kappa shape index (κ1) is 9.37. The van der Waals surface area contributed by atoms with Crippen LogP contribution < -0.4 is 0 Å². The van der Waals surface area contributed by atoms with Gasteiger partial charge in [0.15, 0.2) is 0 Å². The van der Waals surface area contributed by atoms with Crippen molar-refractivity contribution < 1.29 is 9.72 Å². The predicted octanol–water partition coefficient (Wildman–Crippen LogP) is 0.689. The fraction of sp³-hybridized carbons (Fsp3) is 0.429. The van der Waals surface area contributed by atoms with E-state index >= 15 is 0 Å². The van der Waals surface area contributed by atoms with E-state index in [1.54, 1.807) is 6.92 Å². The van der Waals surface area contributed by atoms with Crippen LogP contribution in [0.5, 0.6) is 0 Å². The average molecular weight is 183 g/mol. The Morgan fingerprint density at radius 3 is 2.92 bits per heavy atom. The maximum atomic E-state index is 10.4. The van der Waals surface area contributed by atoms with Gasteiger partial charge in [-0.3, -0.25) is 14.8 Å². The second kappa shape index (κ2) is 3.79. The molecule has 1 aromatic heterocycles. The van der Waals surface area contributed by atoms with E-state index in [0.717, 1.165) is 6.29 Å². The normalized spacial score (nSPS) is 9.92. The lowest BCUT2D eigenvalue weighted by atomic mass is 10.4. The molecule has 0 amide bonds. The third-order valence-electron chi connectivity index (χ3n) is 1.73. The minimum Gasteiger partial charge on any atom is -0.303 e. The summed E-state index contributed by atoms with van der Waals surface area (Å²) in [5.74, 6) is 0. The summed E-state index contributed by atoms with van der Waals surface area (Å²) >= 11 is 0. The first-order valence-corrected chi connectivity index (χ1v) is 3.77. The average Bonchev–Trinajstić information content (AvgIpc) is 2.43. The van der Waals surface area contributed by atoms with Crippen LogP contribution in [0.3, 0.4) is 0 Å². The molecule has 6 heteroatoms. The molecule has 6 nitrogen and oxygen atoms in total. The molecule has 0 aromatic carbocycles. The Hall–Kier alpha value is -1.72. The molecule has 0 saturated heterocycles. The minimum absolute atomic E-state index is 0.00843. The van der Waals surface area contributed by atoms with E-state index in [9.17, 15) is 14.9 Å². The van der Waals surface area contributed by atoms with E-state index in [0.29, 0.717) is 18.7 Å². The lowest BCUT2D eigenvalue weighted by Gasteiger charge is -1.98. The Morgan fingerprint density at radius 2 is 2.46 bits per heavy atom. The fourth-order valence-corrected chi connectivity index (χ4v) is 1.02. The molecule has 0 saturated carbocycles. The second-order valence-electron chi connectivity index (χ2n) is 2.55. The van der Waals surface area contributed by atoms with Gasteiger partial charge in [0.2, 0.25) is 0 Å². The van der Waals surface area contributed by atoms with Crippen molar-refractivity contribution in [2.24, 2.45) is 0 Å². The molecule has 1 rings (SSSR count). The number of carbonyl (C=O) groups excluding carboxylic acids is 1. The van der Waals surface area contributed by atoms with Gasteiger partial charge in [-0.15, -0.1) is 0 Å². The molecule has 1 aromatic rings. The van der Waals surface area contributed by atoms with Crippen molar-refractivity contribution in [3.05, 3.63) is 22.0 Å². The molecule has 0 N–H and O–H groups in total. The Labute approximate surface area is 74.3 Å². The van der Waals surface area contributed by atoms with Gasteiger partial charge in [-0.05, 0) is 6.92 Å². The highest BCUT2D eigenvalue weighted by atomic mass is 16.6. The topological polar surface area (TPSA) is 78.0 Å². The van der Waals surface area contributed by atoms with Gasteiger partial charge in [-0.2, -0.15) is 5.10 Å². The van der Waals surface area contributed by atoms with Crippen LogP contribution in [0.2, 0.25) is 0 Å². The third-order valence-corrected chi connectivity index (χ3v) is 1.73.